The zero-order chi connectivity index (χ0) is 19.9. The minimum Gasteiger partial charge on any atom is -0.389 e. The van der Waals surface area contributed by atoms with Crippen LogP contribution in [0.2, 0.25) is 10.0 Å². The smallest absolute Gasteiger partial charge is 0.108 e. The summed E-state index contributed by atoms with van der Waals surface area (Å²) in [4.78, 5) is 4.73. The minimum absolute atomic E-state index is 0.268. The monoisotopic (exact) mass is 422 g/mol. The van der Waals surface area contributed by atoms with E-state index in [1.165, 1.54) is 0 Å². The lowest BCUT2D eigenvalue weighted by molar-refractivity contribution is -0.0142. The molecular formula is C22H28Cl2N2O2. The van der Waals surface area contributed by atoms with Gasteiger partial charge >= 0.3 is 0 Å². The second kappa shape index (κ2) is 10.6. The maximum atomic E-state index is 10.5. The molecule has 0 amide bonds. The van der Waals surface area contributed by atoms with Gasteiger partial charge in [-0.3, -0.25) is 4.90 Å². The highest BCUT2D eigenvalue weighted by Crippen LogP contribution is 2.28. The van der Waals surface area contributed by atoms with Gasteiger partial charge in [0.2, 0.25) is 0 Å². The minimum atomic E-state index is -0.532. The Kier molecular flexibility index (Phi) is 8.15. The number of halogens is 2. The van der Waals surface area contributed by atoms with Crippen molar-refractivity contribution in [2.75, 3.05) is 45.9 Å². The summed E-state index contributed by atoms with van der Waals surface area (Å²) in [7, 11) is 0. The first-order valence-corrected chi connectivity index (χ1v) is 10.6. The van der Waals surface area contributed by atoms with Gasteiger partial charge in [0.1, 0.15) is 6.10 Å². The molecule has 152 valence electrons. The molecule has 0 spiro atoms. The van der Waals surface area contributed by atoms with Crippen molar-refractivity contribution in [2.45, 2.75) is 19.1 Å². The fourth-order valence-corrected chi connectivity index (χ4v) is 3.76. The maximum absolute atomic E-state index is 10.5. The summed E-state index contributed by atoms with van der Waals surface area (Å²) in [5.74, 6) is 0. The first-order valence-electron chi connectivity index (χ1n) is 9.80. The molecule has 2 aromatic rings. The summed E-state index contributed by atoms with van der Waals surface area (Å²) < 4.78 is 6.17. The molecule has 3 rings (SSSR count). The number of hydrogen-bond acceptors (Lipinski definition) is 4. The second-order valence-electron chi connectivity index (χ2n) is 7.21. The first-order chi connectivity index (χ1) is 13.5. The molecule has 1 atom stereocenters. The normalized spacial score (nSPS) is 17.2. The summed E-state index contributed by atoms with van der Waals surface area (Å²) in [6.07, 6.45) is -0.809. The predicted molar refractivity (Wildman–Crippen MR) is 115 cm³/mol. The summed E-state index contributed by atoms with van der Waals surface area (Å²) in [5, 5.41) is 11.9. The lowest BCUT2D eigenvalue weighted by Crippen LogP contribution is -2.48. The van der Waals surface area contributed by atoms with Crippen molar-refractivity contribution in [1.82, 2.24) is 9.80 Å². The molecule has 4 nitrogen and oxygen atoms in total. The number of aliphatic hydroxyl groups is 1. The van der Waals surface area contributed by atoms with Crippen LogP contribution in [0.5, 0.6) is 0 Å². The molecule has 2 aromatic carbocycles. The topological polar surface area (TPSA) is 35.9 Å². The van der Waals surface area contributed by atoms with Gasteiger partial charge in [-0.15, -0.1) is 0 Å². The average molecular weight is 423 g/mol. The second-order valence-corrected chi connectivity index (χ2v) is 8.08. The van der Waals surface area contributed by atoms with Gasteiger partial charge in [-0.1, -0.05) is 54.4 Å². The Bertz CT molecular complexity index is 671. The third-order valence-electron chi connectivity index (χ3n) is 5.18. The summed E-state index contributed by atoms with van der Waals surface area (Å²) in [6.45, 7) is 8.26. The molecule has 1 heterocycles. The highest BCUT2D eigenvalue weighted by Gasteiger charge is 2.21. The predicted octanol–water partition coefficient (Wildman–Crippen LogP) is 4.10. The van der Waals surface area contributed by atoms with Crippen LogP contribution in [0, 0.1) is 0 Å². The Labute approximate surface area is 177 Å². The molecule has 1 aliphatic heterocycles. The van der Waals surface area contributed by atoms with E-state index in [1.54, 1.807) is 0 Å². The summed E-state index contributed by atoms with van der Waals surface area (Å²) >= 11 is 12.1. The van der Waals surface area contributed by atoms with Crippen molar-refractivity contribution in [2.24, 2.45) is 0 Å². The van der Waals surface area contributed by atoms with Crippen molar-refractivity contribution >= 4 is 23.2 Å². The number of rotatable bonds is 8. The number of piperazine rings is 1. The van der Waals surface area contributed by atoms with Crippen molar-refractivity contribution in [3.05, 3.63) is 69.7 Å². The number of β-amino-alcohol motifs (C(OH)–C–C–N with tert-alkyl or cyclic N) is 1. The number of nitrogens with zero attached hydrogens (tertiary/aromatic N) is 2. The fraction of sp³-hybridized carbons (Fsp3) is 0.455. The van der Waals surface area contributed by atoms with Crippen LogP contribution in [0.1, 0.15) is 24.2 Å². The van der Waals surface area contributed by atoms with Gasteiger partial charge in [-0.05, 0) is 41.9 Å². The van der Waals surface area contributed by atoms with Gasteiger partial charge in [0.25, 0.3) is 0 Å². The molecule has 0 unspecified atom stereocenters. The third-order valence-corrected chi connectivity index (χ3v) is 5.69. The molecule has 1 aliphatic rings. The largest absolute Gasteiger partial charge is 0.389 e. The van der Waals surface area contributed by atoms with E-state index in [1.807, 2.05) is 48.5 Å². The van der Waals surface area contributed by atoms with Crippen molar-refractivity contribution in [3.8, 4) is 0 Å². The molecule has 1 N–H and O–H groups in total. The Hall–Kier alpha value is -1.14. The van der Waals surface area contributed by atoms with Crippen molar-refractivity contribution < 1.29 is 9.84 Å². The number of ether oxygens (including phenoxy) is 1. The van der Waals surface area contributed by atoms with E-state index < -0.39 is 6.10 Å². The van der Waals surface area contributed by atoms with E-state index in [-0.39, 0.29) is 12.7 Å². The Morgan fingerprint density at radius 2 is 1.32 bits per heavy atom. The molecule has 0 radical (unpaired) electrons. The third kappa shape index (κ3) is 6.18. The SMILES string of the molecule is CCN1CCN(C[C@H](O)COC(c2ccc(Cl)cc2)c2ccc(Cl)cc2)CC1. The molecule has 0 aromatic heterocycles. The Balaban J connectivity index is 1.61. The van der Waals surface area contributed by atoms with E-state index in [4.69, 9.17) is 27.9 Å². The molecule has 1 saturated heterocycles. The fourth-order valence-electron chi connectivity index (χ4n) is 3.51. The highest BCUT2D eigenvalue weighted by molar-refractivity contribution is 6.30. The van der Waals surface area contributed by atoms with Crippen molar-refractivity contribution in [1.29, 1.82) is 0 Å². The van der Waals surface area contributed by atoms with Crippen LogP contribution in [-0.2, 0) is 4.74 Å². The Morgan fingerprint density at radius 3 is 1.79 bits per heavy atom. The molecule has 0 bridgehead atoms. The number of aliphatic hydroxyl groups excluding tert-OH is 1. The summed E-state index contributed by atoms with van der Waals surface area (Å²) in [5.41, 5.74) is 1.99. The van der Waals surface area contributed by atoms with E-state index in [0.29, 0.717) is 16.6 Å². The number of likely N-dealkylation sites (N-methyl/N-ethyl adjacent to an activating group) is 1. The zero-order valence-corrected chi connectivity index (χ0v) is 17.7. The zero-order valence-electron chi connectivity index (χ0n) is 16.2. The molecular weight excluding hydrogens is 395 g/mol. The van der Waals surface area contributed by atoms with Crippen LogP contribution in [0.3, 0.4) is 0 Å². The van der Waals surface area contributed by atoms with Crippen LogP contribution in [0.4, 0.5) is 0 Å². The van der Waals surface area contributed by atoms with E-state index in [0.717, 1.165) is 43.9 Å². The lowest BCUT2D eigenvalue weighted by Gasteiger charge is -2.35. The molecule has 28 heavy (non-hydrogen) atoms. The van der Waals surface area contributed by atoms with Gasteiger partial charge in [0.15, 0.2) is 0 Å². The van der Waals surface area contributed by atoms with Gasteiger partial charge in [-0.2, -0.15) is 0 Å². The van der Waals surface area contributed by atoms with Gasteiger partial charge in [0.05, 0.1) is 12.7 Å². The molecule has 0 aliphatic carbocycles. The van der Waals surface area contributed by atoms with Gasteiger partial charge in [0, 0.05) is 42.8 Å². The molecule has 6 heteroatoms. The number of hydrogen-bond donors (Lipinski definition) is 1. The van der Waals surface area contributed by atoms with Crippen LogP contribution < -0.4 is 0 Å². The first kappa shape index (κ1) is 21.6. The standard InChI is InChI=1S/C22H28Cl2N2O2/c1-2-25-11-13-26(14-12-25)15-21(27)16-28-22(17-3-7-19(23)8-4-17)18-5-9-20(24)10-6-18/h3-10,21-22,27H,2,11-16H2,1H3/t21-/m0/s1. The van der Waals surface area contributed by atoms with E-state index >= 15 is 0 Å². The number of benzene rings is 2. The van der Waals surface area contributed by atoms with Gasteiger partial charge < -0.3 is 14.7 Å². The van der Waals surface area contributed by atoms with Crippen LogP contribution in [-0.4, -0.2) is 66.9 Å². The maximum Gasteiger partial charge on any atom is 0.108 e. The van der Waals surface area contributed by atoms with Gasteiger partial charge in [-0.25, -0.2) is 0 Å². The molecule has 1 fully saturated rings. The summed E-state index contributed by atoms with van der Waals surface area (Å²) in [6, 6.07) is 15.2. The Morgan fingerprint density at radius 1 is 0.857 bits per heavy atom. The molecule has 0 saturated carbocycles. The van der Waals surface area contributed by atoms with E-state index in [9.17, 15) is 5.11 Å². The quantitative estimate of drug-likeness (QED) is 0.694. The average Bonchev–Trinajstić information content (AvgIpc) is 2.71. The highest BCUT2D eigenvalue weighted by atomic mass is 35.5. The lowest BCUT2D eigenvalue weighted by atomic mass is 10.0. The van der Waals surface area contributed by atoms with Crippen LogP contribution >= 0.6 is 23.2 Å². The van der Waals surface area contributed by atoms with Crippen LogP contribution in [0.25, 0.3) is 0 Å². The van der Waals surface area contributed by atoms with Crippen LogP contribution in [0.15, 0.2) is 48.5 Å². The van der Waals surface area contributed by atoms with Crippen molar-refractivity contribution in [3.63, 3.8) is 0 Å². The van der Waals surface area contributed by atoms with E-state index in [2.05, 4.69) is 16.7 Å².